The summed E-state index contributed by atoms with van der Waals surface area (Å²) in [6, 6.07) is 7.79. The highest BCUT2D eigenvalue weighted by atomic mass is 32.2. The first kappa shape index (κ1) is 12.0. The number of rotatable bonds is 3. The molecule has 0 aliphatic carbocycles. The molecule has 2 rings (SSSR count). The lowest BCUT2D eigenvalue weighted by molar-refractivity contribution is 0.484. The van der Waals surface area contributed by atoms with E-state index in [2.05, 4.69) is 56.0 Å². The molecule has 0 bridgehead atoms. The zero-order chi connectivity index (χ0) is 11.5. The molecule has 2 atom stereocenters. The summed E-state index contributed by atoms with van der Waals surface area (Å²) >= 11 is 2.06. The Balaban J connectivity index is 2.07. The van der Waals surface area contributed by atoms with E-state index < -0.39 is 0 Å². The van der Waals surface area contributed by atoms with Gasteiger partial charge in [-0.15, -0.1) is 0 Å². The number of hydrogen-bond donors (Lipinski definition) is 1. The van der Waals surface area contributed by atoms with Gasteiger partial charge in [0.2, 0.25) is 0 Å². The SMILES string of the molecule is Cc1cccc(C(C)NC2CCSC2)c1C. The largest absolute Gasteiger partial charge is 0.307 e. The van der Waals surface area contributed by atoms with Crippen LogP contribution in [0.2, 0.25) is 0 Å². The molecule has 1 fully saturated rings. The van der Waals surface area contributed by atoms with Gasteiger partial charge < -0.3 is 5.32 Å². The first-order valence-corrected chi connectivity index (χ1v) is 7.24. The minimum Gasteiger partial charge on any atom is -0.307 e. The molecule has 1 aliphatic heterocycles. The summed E-state index contributed by atoms with van der Waals surface area (Å²) in [6.07, 6.45) is 1.32. The van der Waals surface area contributed by atoms with E-state index in [1.807, 2.05) is 0 Å². The maximum Gasteiger partial charge on any atom is 0.0297 e. The van der Waals surface area contributed by atoms with Crippen LogP contribution < -0.4 is 5.32 Å². The van der Waals surface area contributed by atoms with E-state index in [1.165, 1.54) is 34.6 Å². The van der Waals surface area contributed by atoms with Gasteiger partial charge in [-0.1, -0.05) is 18.2 Å². The van der Waals surface area contributed by atoms with Crippen molar-refractivity contribution in [2.24, 2.45) is 0 Å². The average Bonchev–Trinajstić information content (AvgIpc) is 2.74. The minimum atomic E-state index is 0.476. The van der Waals surface area contributed by atoms with E-state index in [1.54, 1.807) is 0 Å². The first-order valence-electron chi connectivity index (χ1n) is 6.08. The van der Waals surface area contributed by atoms with E-state index in [4.69, 9.17) is 0 Å². The Hall–Kier alpha value is -0.470. The monoisotopic (exact) mass is 235 g/mol. The molecule has 88 valence electrons. The Kier molecular flexibility index (Phi) is 3.93. The van der Waals surface area contributed by atoms with Gasteiger partial charge in [0.1, 0.15) is 0 Å². The van der Waals surface area contributed by atoms with Crippen molar-refractivity contribution in [1.29, 1.82) is 0 Å². The van der Waals surface area contributed by atoms with E-state index in [-0.39, 0.29) is 0 Å². The van der Waals surface area contributed by atoms with Crippen molar-refractivity contribution >= 4 is 11.8 Å². The molecule has 1 N–H and O–H groups in total. The third-order valence-corrected chi connectivity index (χ3v) is 4.69. The Morgan fingerprint density at radius 1 is 1.38 bits per heavy atom. The lowest BCUT2D eigenvalue weighted by Gasteiger charge is -2.21. The molecule has 0 amide bonds. The molecule has 0 aromatic heterocycles. The van der Waals surface area contributed by atoms with Crippen molar-refractivity contribution in [3.8, 4) is 0 Å². The van der Waals surface area contributed by atoms with Gasteiger partial charge in [0.15, 0.2) is 0 Å². The van der Waals surface area contributed by atoms with E-state index in [9.17, 15) is 0 Å². The van der Waals surface area contributed by atoms with Crippen molar-refractivity contribution < 1.29 is 0 Å². The van der Waals surface area contributed by atoms with Crippen molar-refractivity contribution in [1.82, 2.24) is 5.32 Å². The normalized spacial score (nSPS) is 22.3. The molecule has 0 spiro atoms. The first-order chi connectivity index (χ1) is 7.68. The molecule has 2 unspecified atom stereocenters. The molecule has 16 heavy (non-hydrogen) atoms. The lowest BCUT2D eigenvalue weighted by atomic mass is 9.98. The summed E-state index contributed by atoms with van der Waals surface area (Å²) in [5.41, 5.74) is 4.29. The van der Waals surface area contributed by atoms with Crippen LogP contribution in [0.3, 0.4) is 0 Å². The maximum atomic E-state index is 3.74. The zero-order valence-corrected chi connectivity index (χ0v) is 11.2. The third kappa shape index (κ3) is 2.61. The lowest BCUT2D eigenvalue weighted by Crippen LogP contribution is -2.31. The highest BCUT2D eigenvalue weighted by Gasteiger charge is 2.18. The summed E-state index contributed by atoms with van der Waals surface area (Å²) in [7, 11) is 0. The fraction of sp³-hybridized carbons (Fsp3) is 0.571. The van der Waals surface area contributed by atoms with Crippen LogP contribution in [0, 0.1) is 13.8 Å². The van der Waals surface area contributed by atoms with E-state index in [0.29, 0.717) is 12.1 Å². The van der Waals surface area contributed by atoms with Crippen LogP contribution in [0.4, 0.5) is 0 Å². The van der Waals surface area contributed by atoms with Gasteiger partial charge >= 0.3 is 0 Å². The number of nitrogens with one attached hydrogen (secondary N) is 1. The standard InChI is InChI=1S/C14H21NS/c1-10-5-4-6-14(11(10)2)12(3)15-13-7-8-16-9-13/h4-6,12-13,15H,7-9H2,1-3H3. The minimum absolute atomic E-state index is 0.476. The third-order valence-electron chi connectivity index (χ3n) is 3.53. The number of hydrogen-bond acceptors (Lipinski definition) is 2. The molecule has 2 heteroatoms. The summed E-state index contributed by atoms with van der Waals surface area (Å²) in [4.78, 5) is 0. The molecule has 1 aliphatic rings. The number of aryl methyl sites for hydroxylation is 1. The summed E-state index contributed by atoms with van der Waals surface area (Å²) in [5.74, 6) is 2.59. The van der Waals surface area contributed by atoms with Crippen LogP contribution in [-0.2, 0) is 0 Å². The van der Waals surface area contributed by atoms with E-state index in [0.717, 1.165) is 0 Å². The predicted molar refractivity (Wildman–Crippen MR) is 73.2 cm³/mol. The Morgan fingerprint density at radius 3 is 2.88 bits per heavy atom. The van der Waals surface area contributed by atoms with Crippen molar-refractivity contribution in [3.63, 3.8) is 0 Å². The van der Waals surface area contributed by atoms with E-state index >= 15 is 0 Å². The van der Waals surface area contributed by atoms with Crippen LogP contribution in [0.15, 0.2) is 18.2 Å². The van der Waals surface area contributed by atoms with Crippen LogP contribution in [-0.4, -0.2) is 17.5 Å². The van der Waals surface area contributed by atoms with Crippen molar-refractivity contribution in [3.05, 3.63) is 34.9 Å². The van der Waals surface area contributed by atoms with Crippen LogP contribution in [0.5, 0.6) is 0 Å². The fourth-order valence-corrected chi connectivity index (χ4v) is 3.52. The van der Waals surface area contributed by atoms with Crippen molar-refractivity contribution in [2.75, 3.05) is 11.5 Å². The van der Waals surface area contributed by atoms with Gasteiger partial charge in [-0.3, -0.25) is 0 Å². The zero-order valence-electron chi connectivity index (χ0n) is 10.4. The Morgan fingerprint density at radius 2 is 2.19 bits per heavy atom. The van der Waals surface area contributed by atoms with Gasteiger partial charge in [0.25, 0.3) is 0 Å². The molecular formula is C14H21NS. The highest BCUT2D eigenvalue weighted by molar-refractivity contribution is 7.99. The van der Waals surface area contributed by atoms with Gasteiger partial charge in [-0.2, -0.15) is 11.8 Å². The van der Waals surface area contributed by atoms with Crippen LogP contribution in [0.1, 0.15) is 36.1 Å². The second kappa shape index (κ2) is 5.24. The van der Waals surface area contributed by atoms with Crippen LogP contribution in [0.25, 0.3) is 0 Å². The van der Waals surface area contributed by atoms with Gasteiger partial charge in [-0.05, 0) is 49.6 Å². The smallest absolute Gasteiger partial charge is 0.0297 e. The second-order valence-electron chi connectivity index (χ2n) is 4.74. The molecule has 1 aromatic rings. The highest BCUT2D eigenvalue weighted by Crippen LogP contribution is 2.24. The fourth-order valence-electron chi connectivity index (χ4n) is 2.35. The second-order valence-corrected chi connectivity index (χ2v) is 5.89. The van der Waals surface area contributed by atoms with Gasteiger partial charge in [0.05, 0.1) is 0 Å². The number of thioether (sulfide) groups is 1. The molecule has 1 heterocycles. The van der Waals surface area contributed by atoms with Crippen LogP contribution >= 0.6 is 11.8 Å². The molecule has 1 aromatic carbocycles. The van der Waals surface area contributed by atoms with Gasteiger partial charge in [0, 0.05) is 17.8 Å². The predicted octanol–water partition coefficient (Wildman–Crippen LogP) is 3.46. The van der Waals surface area contributed by atoms with Crippen molar-refractivity contribution in [2.45, 2.75) is 39.3 Å². The molecule has 1 saturated heterocycles. The quantitative estimate of drug-likeness (QED) is 0.861. The molecular weight excluding hydrogens is 214 g/mol. The summed E-state index contributed by atoms with van der Waals surface area (Å²) in [6.45, 7) is 6.70. The summed E-state index contributed by atoms with van der Waals surface area (Å²) < 4.78 is 0. The average molecular weight is 235 g/mol. The molecule has 0 radical (unpaired) electrons. The summed E-state index contributed by atoms with van der Waals surface area (Å²) in [5, 5.41) is 3.74. The maximum absolute atomic E-state index is 3.74. The molecule has 1 nitrogen and oxygen atoms in total. The molecule has 0 saturated carbocycles. The Labute approximate surface area is 103 Å². The topological polar surface area (TPSA) is 12.0 Å². The number of benzene rings is 1. The Bertz CT molecular complexity index is 356. The van der Waals surface area contributed by atoms with Gasteiger partial charge in [-0.25, -0.2) is 0 Å².